The molecule has 0 fully saturated rings. The Kier molecular flexibility index (Phi) is 4.57. The summed E-state index contributed by atoms with van der Waals surface area (Å²) < 4.78 is 38.4. The lowest BCUT2D eigenvalue weighted by molar-refractivity contribution is -0.207. The van der Waals surface area contributed by atoms with Gasteiger partial charge in [-0.15, -0.1) is 0 Å². The van der Waals surface area contributed by atoms with Gasteiger partial charge in [0.05, 0.1) is 5.70 Å². The van der Waals surface area contributed by atoms with Gasteiger partial charge in [0, 0.05) is 22.7 Å². The monoisotopic (exact) mass is 326 g/mol. The number of aliphatic imine (C=N–C) groups is 1. The molecule has 3 nitrogen and oxygen atoms in total. The number of nitrogens with zero attached hydrogens (tertiary/aromatic N) is 1. The maximum atomic E-state index is 12.8. The number of hydrogen-bond donors (Lipinski definition) is 2. The molecule has 126 valence electrons. The summed E-state index contributed by atoms with van der Waals surface area (Å²) in [5, 5.41) is 9.56. The van der Waals surface area contributed by atoms with E-state index in [1.165, 1.54) is 6.92 Å². The number of aliphatic hydroxyl groups excluding tert-OH is 1. The van der Waals surface area contributed by atoms with Crippen molar-refractivity contribution >= 4 is 11.8 Å². The van der Waals surface area contributed by atoms with Crippen LogP contribution in [-0.4, -0.2) is 22.0 Å². The minimum absolute atomic E-state index is 0.111. The number of aromatic nitrogens is 1. The van der Waals surface area contributed by atoms with Gasteiger partial charge in [0.15, 0.2) is 6.10 Å². The van der Waals surface area contributed by atoms with E-state index in [2.05, 4.69) is 9.98 Å². The number of H-pyrrole nitrogens is 1. The molecule has 1 atom stereocenters. The van der Waals surface area contributed by atoms with Gasteiger partial charge in [0.25, 0.3) is 0 Å². The molecule has 1 aliphatic rings. The minimum atomic E-state index is -4.69. The molecule has 0 aliphatic carbocycles. The second kappa shape index (κ2) is 6.00. The number of aromatic amines is 1. The topological polar surface area (TPSA) is 48.4 Å². The predicted octanol–water partition coefficient (Wildman–Crippen LogP) is 4.77. The van der Waals surface area contributed by atoms with Crippen LogP contribution < -0.4 is 0 Å². The van der Waals surface area contributed by atoms with Crippen LogP contribution in [0.2, 0.25) is 0 Å². The van der Waals surface area contributed by atoms with Crippen molar-refractivity contribution < 1.29 is 18.3 Å². The van der Waals surface area contributed by atoms with Crippen LogP contribution in [0, 0.1) is 13.8 Å². The first-order chi connectivity index (χ1) is 10.6. The van der Waals surface area contributed by atoms with Crippen LogP contribution in [0.1, 0.15) is 55.8 Å². The van der Waals surface area contributed by atoms with E-state index in [9.17, 15) is 18.3 Å². The molecular formula is C17H21F3N2O. The van der Waals surface area contributed by atoms with Crippen molar-refractivity contribution in [2.75, 3.05) is 0 Å². The number of allylic oxidation sites excluding steroid dienone is 2. The van der Waals surface area contributed by atoms with Crippen LogP contribution in [0.5, 0.6) is 0 Å². The SMILES string of the molecule is CCC1=C(C)C(=Cc2[nH]c(C)c(C(O)C(F)(F)F)c2C)N=C1C. The predicted molar refractivity (Wildman–Crippen MR) is 85.4 cm³/mol. The largest absolute Gasteiger partial charge is 0.418 e. The Balaban J connectivity index is 2.49. The number of halogens is 3. The van der Waals surface area contributed by atoms with E-state index in [1.807, 2.05) is 20.8 Å². The zero-order chi connectivity index (χ0) is 17.5. The molecule has 0 amide bonds. The Labute approximate surface area is 133 Å². The summed E-state index contributed by atoms with van der Waals surface area (Å²) in [5.74, 6) is 0. The van der Waals surface area contributed by atoms with Crippen LogP contribution >= 0.6 is 0 Å². The third-order valence-electron chi connectivity index (χ3n) is 4.31. The average molecular weight is 326 g/mol. The first-order valence-electron chi connectivity index (χ1n) is 7.49. The molecule has 1 unspecified atom stereocenters. The van der Waals surface area contributed by atoms with Gasteiger partial charge in [-0.3, -0.25) is 4.99 Å². The molecule has 2 N–H and O–H groups in total. The molecule has 1 aromatic heterocycles. The summed E-state index contributed by atoms with van der Waals surface area (Å²) in [5.41, 5.74) is 5.02. The Morgan fingerprint density at radius 3 is 2.30 bits per heavy atom. The van der Waals surface area contributed by atoms with Crippen molar-refractivity contribution in [1.82, 2.24) is 4.98 Å². The van der Waals surface area contributed by atoms with Crippen molar-refractivity contribution in [3.8, 4) is 0 Å². The van der Waals surface area contributed by atoms with Crippen LogP contribution in [0.3, 0.4) is 0 Å². The van der Waals surface area contributed by atoms with Crippen molar-refractivity contribution in [2.24, 2.45) is 4.99 Å². The third kappa shape index (κ3) is 3.13. The molecule has 0 aromatic carbocycles. The Hall–Kier alpha value is -1.82. The quantitative estimate of drug-likeness (QED) is 0.826. The number of aryl methyl sites for hydroxylation is 1. The molecule has 23 heavy (non-hydrogen) atoms. The number of alkyl halides is 3. The summed E-state index contributed by atoms with van der Waals surface area (Å²) in [7, 11) is 0. The maximum Gasteiger partial charge on any atom is 0.418 e. The highest BCUT2D eigenvalue weighted by Gasteiger charge is 2.41. The summed E-state index contributed by atoms with van der Waals surface area (Å²) in [6, 6.07) is 0. The van der Waals surface area contributed by atoms with E-state index in [0.29, 0.717) is 17.0 Å². The second-order valence-electron chi connectivity index (χ2n) is 5.83. The van der Waals surface area contributed by atoms with Crippen LogP contribution in [0.25, 0.3) is 6.08 Å². The van der Waals surface area contributed by atoms with Gasteiger partial charge in [-0.05, 0) is 56.9 Å². The molecule has 1 aromatic rings. The van der Waals surface area contributed by atoms with Crippen molar-refractivity contribution in [2.45, 2.75) is 53.3 Å². The number of nitrogens with one attached hydrogen (secondary N) is 1. The lowest BCUT2D eigenvalue weighted by atomic mass is 10.0. The van der Waals surface area contributed by atoms with E-state index >= 15 is 0 Å². The van der Waals surface area contributed by atoms with E-state index in [1.54, 1.807) is 13.0 Å². The van der Waals surface area contributed by atoms with E-state index in [-0.39, 0.29) is 5.56 Å². The molecule has 0 bridgehead atoms. The Morgan fingerprint density at radius 1 is 1.22 bits per heavy atom. The molecule has 0 saturated heterocycles. The maximum absolute atomic E-state index is 12.8. The third-order valence-corrected chi connectivity index (χ3v) is 4.31. The lowest BCUT2D eigenvalue weighted by Gasteiger charge is -2.15. The smallest absolute Gasteiger partial charge is 0.379 e. The number of aliphatic hydroxyl groups is 1. The van der Waals surface area contributed by atoms with E-state index < -0.39 is 12.3 Å². The summed E-state index contributed by atoms with van der Waals surface area (Å²) in [4.78, 5) is 7.42. The molecule has 1 aliphatic heterocycles. The van der Waals surface area contributed by atoms with Crippen LogP contribution in [0.4, 0.5) is 13.2 Å². The standard InChI is InChI=1S/C17H21F3N2O/c1-6-12-8(2)13(21-10(12)4)7-14-9(3)15(11(5)22-14)16(23)17(18,19)20/h7,16,22-23H,6H2,1-5H3. The normalized spacial score (nSPS) is 18.8. The van der Waals surface area contributed by atoms with Gasteiger partial charge in [-0.2, -0.15) is 13.2 Å². The molecular weight excluding hydrogens is 305 g/mol. The van der Waals surface area contributed by atoms with Gasteiger partial charge in [-0.1, -0.05) is 6.92 Å². The highest BCUT2D eigenvalue weighted by molar-refractivity contribution is 6.03. The first-order valence-corrected chi connectivity index (χ1v) is 7.49. The second-order valence-corrected chi connectivity index (χ2v) is 5.83. The zero-order valence-electron chi connectivity index (χ0n) is 13.9. The molecule has 6 heteroatoms. The minimum Gasteiger partial charge on any atom is -0.379 e. The lowest BCUT2D eigenvalue weighted by Crippen LogP contribution is -2.21. The number of hydrogen-bond acceptors (Lipinski definition) is 2. The molecule has 0 spiro atoms. The fraction of sp³-hybridized carbons (Fsp3) is 0.471. The van der Waals surface area contributed by atoms with Gasteiger partial charge in [0.2, 0.25) is 0 Å². The summed E-state index contributed by atoms with van der Waals surface area (Å²) >= 11 is 0. The zero-order valence-corrected chi connectivity index (χ0v) is 13.9. The van der Waals surface area contributed by atoms with Crippen molar-refractivity contribution in [3.63, 3.8) is 0 Å². The number of rotatable bonds is 3. The van der Waals surface area contributed by atoms with Crippen molar-refractivity contribution in [3.05, 3.63) is 39.4 Å². The van der Waals surface area contributed by atoms with Crippen LogP contribution in [-0.2, 0) is 0 Å². The van der Waals surface area contributed by atoms with Gasteiger partial charge in [-0.25, -0.2) is 0 Å². The highest BCUT2D eigenvalue weighted by atomic mass is 19.4. The molecule has 2 rings (SSSR count). The van der Waals surface area contributed by atoms with Gasteiger partial charge < -0.3 is 10.1 Å². The van der Waals surface area contributed by atoms with Gasteiger partial charge in [0.1, 0.15) is 0 Å². The first kappa shape index (κ1) is 17.5. The molecule has 0 radical (unpaired) electrons. The van der Waals surface area contributed by atoms with E-state index in [0.717, 1.165) is 29.0 Å². The van der Waals surface area contributed by atoms with E-state index in [4.69, 9.17) is 0 Å². The Bertz CT molecular complexity index is 721. The van der Waals surface area contributed by atoms with Crippen LogP contribution in [0.15, 0.2) is 21.8 Å². The van der Waals surface area contributed by atoms with Crippen molar-refractivity contribution in [1.29, 1.82) is 0 Å². The molecule has 2 heterocycles. The Morgan fingerprint density at radius 2 is 1.83 bits per heavy atom. The highest BCUT2D eigenvalue weighted by Crippen LogP contribution is 2.38. The fourth-order valence-corrected chi connectivity index (χ4v) is 3.06. The average Bonchev–Trinajstić information content (AvgIpc) is 2.86. The summed E-state index contributed by atoms with van der Waals surface area (Å²) in [6.45, 7) is 9.03. The summed E-state index contributed by atoms with van der Waals surface area (Å²) in [6.07, 6.45) is -4.56. The fourth-order valence-electron chi connectivity index (χ4n) is 3.06. The van der Waals surface area contributed by atoms with Gasteiger partial charge >= 0.3 is 6.18 Å². The molecule has 0 saturated carbocycles.